The topological polar surface area (TPSA) is 59.6 Å². The van der Waals surface area contributed by atoms with Crippen molar-refractivity contribution < 1.29 is 31.8 Å². The maximum absolute atomic E-state index is 13.1. The van der Waals surface area contributed by atoms with Crippen LogP contribution in [0.2, 0.25) is 0 Å². The first kappa shape index (κ1) is 22.7. The molecule has 1 aliphatic rings. The van der Waals surface area contributed by atoms with Crippen LogP contribution in [-0.2, 0) is 0 Å². The number of amides is 2. The van der Waals surface area contributed by atoms with E-state index < -0.39 is 24.4 Å². The predicted octanol–water partition coefficient (Wildman–Crippen LogP) is 5.67. The molecule has 2 amide bonds. The Bertz CT molecular complexity index is 879. The number of benzene rings is 2. The Kier molecular flexibility index (Phi) is 6.92. The number of ether oxygens (including phenoxy) is 2. The van der Waals surface area contributed by atoms with Crippen molar-refractivity contribution in [1.29, 1.82) is 0 Å². The number of para-hydroxylation sites is 2. The Morgan fingerprint density at radius 3 is 2.39 bits per heavy atom. The molecule has 9 heteroatoms. The molecule has 0 spiro atoms. The van der Waals surface area contributed by atoms with Gasteiger partial charge in [0.05, 0.1) is 5.69 Å². The molecule has 0 unspecified atom stereocenters. The van der Waals surface area contributed by atoms with E-state index in [1.807, 2.05) is 6.92 Å². The number of anilines is 1. The number of hydrogen-bond donors (Lipinski definition) is 2. The van der Waals surface area contributed by atoms with Crippen LogP contribution in [0.4, 0.5) is 28.0 Å². The van der Waals surface area contributed by atoms with E-state index in [2.05, 4.69) is 10.6 Å². The molecular weight excluding hydrogens is 416 g/mol. The Labute approximate surface area is 177 Å². The summed E-state index contributed by atoms with van der Waals surface area (Å²) in [6.07, 6.45) is -1.78. The number of carbonyl (C=O) groups excluding carboxylic acids is 1. The van der Waals surface area contributed by atoms with E-state index in [0.717, 1.165) is 0 Å². The number of halogens is 4. The normalized spacial score (nSPS) is 21.3. The second kappa shape index (κ2) is 9.45. The van der Waals surface area contributed by atoms with Crippen molar-refractivity contribution in [3.05, 3.63) is 54.3 Å². The predicted molar refractivity (Wildman–Crippen MR) is 108 cm³/mol. The van der Waals surface area contributed by atoms with Gasteiger partial charge in [0.15, 0.2) is 6.61 Å². The third-order valence-corrected chi connectivity index (χ3v) is 5.08. The second-order valence-electron chi connectivity index (χ2n) is 7.78. The lowest BCUT2D eigenvalue weighted by Gasteiger charge is -2.37. The summed E-state index contributed by atoms with van der Waals surface area (Å²) in [5, 5.41) is 5.39. The van der Waals surface area contributed by atoms with Gasteiger partial charge in [-0.05, 0) is 69.0 Å². The van der Waals surface area contributed by atoms with Gasteiger partial charge in [-0.2, -0.15) is 13.2 Å². The molecule has 0 aromatic heterocycles. The van der Waals surface area contributed by atoms with E-state index in [1.165, 1.54) is 30.3 Å². The highest BCUT2D eigenvalue weighted by Crippen LogP contribution is 2.33. The highest BCUT2D eigenvalue weighted by molar-refractivity contribution is 5.91. The van der Waals surface area contributed by atoms with Crippen molar-refractivity contribution in [2.24, 2.45) is 0 Å². The zero-order valence-corrected chi connectivity index (χ0v) is 17.0. The third kappa shape index (κ3) is 7.04. The van der Waals surface area contributed by atoms with Gasteiger partial charge in [-0.25, -0.2) is 9.18 Å². The number of rotatable bonds is 6. The third-order valence-electron chi connectivity index (χ3n) is 5.08. The first-order chi connectivity index (χ1) is 14.6. The Hall–Kier alpha value is -2.97. The molecule has 2 aromatic rings. The van der Waals surface area contributed by atoms with Crippen LogP contribution in [0.15, 0.2) is 48.5 Å². The van der Waals surface area contributed by atoms with Crippen molar-refractivity contribution in [2.75, 3.05) is 11.9 Å². The summed E-state index contributed by atoms with van der Waals surface area (Å²) in [5.41, 5.74) is -0.269. The summed E-state index contributed by atoms with van der Waals surface area (Å²) < 4.78 is 61.1. The Balaban J connectivity index is 1.50. The fraction of sp³-hybridized carbons (Fsp3) is 0.409. The minimum Gasteiger partial charge on any atom is -0.488 e. The number of nitrogens with one attached hydrogen (secondary N) is 2. The van der Waals surface area contributed by atoms with Gasteiger partial charge in [0.1, 0.15) is 22.9 Å². The molecule has 0 bridgehead atoms. The molecule has 168 valence electrons. The maximum Gasteiger partial charge on any atom is 0.422 e. The van der Waals surface area contributed by atoms with Gasteiger partial charge in [0.25, 0.3) is 0 Å². The lowest BCUT2D eigenvalue weighted by molar-refractivity contribution is -0.153. The van der Waals surface area contributed by atoms with E-state index in [9.17, 15) is 22.4 Å². The monoisotopic (exact) mass is 440 g/mol. The summed E-state index contributed by atoms with van der Waals surface area (Å²) in [7, 11) is 0. The van der Waals surface area contributed by atoms with Crippen molar-refractivity contribution in [2.45, 2.75) is 50.4 Å². The molecule has 0 atom stereocenters. The molecule has 31 heavy (non-hydrogen) atoms. The van der Waals surface area contributed by atoms with Crippen molar-refractivity contribution in [3.63, 3.8) is 0 Å². The summed E-state index contributed by atoms with van der Waals surface area (Å²) >= 11 is 0. The number of alkyl halides is 3. The van der Waals surface area contributed by atoms with Gasteiger partial charge >= 0.3 is 12.2 Å². The highest BCUT2D eigenvalue weighted by atomic mass is 19.4. The van der Waals surface area contributed by atoms with E-state index >= 15 is 0 Å². The SMILES string of the molecule is CC1(Oc2ccc(F)cc2)CCC(NC(=O)Nc2ccccc2OCC(F)(F)F)CC1. The zero-order valence-electron chi connectivity index (χ0n) is 17.0. The minimum atomic E-state index is -4.47. The average Bonchev–Trinajstić information content (AvgIpc) is 2.70. The van der Waals surface area contributed by atoms with Crippen LogP contribution in [0.25, 0.3) is 0 Å². The zero-order chi connectivity index (χ0) is 22.5. The molecular formula is C22H24F4N2O3. The first-order valence-electron chi connectivity index (χ1n) is 9.93. The molecule has 2 N–H and O–H groups in total. The molecule has 2 aromatic carbocycles. The summed E-state index contributed by atoms with van der Waals surface area (Å²) in [4.78, 5) is 12.4. The number of urea groups is 1. The van der Waals surface area contributed by atoms with Gasteiger partial charge in [-0.1, -0.05) is 12.1 Å². The number of carbonyl (C=O) groups is 1. The lowest BCUT2D eigenvalue weighted by atomic mass is 9.83. The molecule has 0 saturated heterocycles. The van der Waals surface area contributed by atoms with E-state index in [1.54, 1.807) is 18.2 Å². The smallest absolute Gasteiger partial charge is 0.422 e. The van der Waals surface area contributed by atoms with Gasteiger partial charge < -0.3 is 20.1 Å². The van der Waals surface area contributed by atoms with E-state index in [-0.39, 0.29) is 23.3 Å². The fourth-order valence-electron chi connectivity index (χ4n) is 3.46. The molecule has 0 heterocycles. The molecule has 1 saturated carbocycles. The summed E-state index contributed by atoms with van der Waals surface area (Å²) in [5.74, 6) is 0.198. The lowest BCUT2D eigenvalue weighted by Crippen LogP contribution is -2.45. The Morgan fingerprint density at radius 1 is 1.10 bits per heavy atom. The second-order valence-corrected chi connectivity index (χ2v) is 7.78. The summed E-state index contributed by atoms with van der Waals surface area (Å²) in [6, 6.07) is 11.2. The van der Waals surface area contributed by atoms with Crippen LogP contribution < -0.4 is 20.1 Å². The van der Waals surface area contributed by atoms with Crippen molar-refractivity contribution in [3.8, 4) is 11.5 Å². The largest absolute Gasteiger partial charge is 0.488 e. The Morgan fingerprint density at radius 2 is 1.74 bits per heavy atom. The molecule has 1 aliphatic carbocycles. The van der Waals surface area contributed by atoms with Crippen LogP contribution in [0, 0.1) is 5.82 Å². The van der Waals surface area contributed by atoms with Gasteiger partial charge in [0, 0.05) is 6.04 Å². The number of hydrogen-bond acceptors (Lipinski definition) is 3. The van der Waals surface area contributed by atoms with Crippen LogP contribution >= 0.6 is 0 Å². The molecule has 0 aliphatic heterocycles. The maximum atomic E-state index is 13.1. The van der Waals surface area contributed by atoms with Crippen LogP contribution in [-0.4, -0.2) is 30.5 Å². The van der Waals surface area contributed by atoms with Crippen molar-refractivity contribution in [1.82, 2.24) is 5.32 Å². The van der Waals surface area contributed by atoms with E-state index in [4.69, 9.17) is 9.47 Å². The highest BCUT2D eigenvalue weighted by Gasteiger charge is 2.34. The standard InChI is InChI=1S/C22H24F4N2O3/c1-21(31-17-8-6-15(23)7-9-17)12-10-16(11-13-21)27-20(29)28-18-4-2-3-5-19(18)30-14-22(24,25)26/h2-9,16H,10-14H2,1H3,(H2,27,28,29). The molecule has 3 rings (SSSR count). The van der Waals surface area contributed by atoms with Gasteiger partial charge in [-0.15, -0.1) is 0 Å². The summed E-state index contributed by atoms with van der Waals surface area (Å²) in [6.45, 7) is 0.531. The molecule has 1 fully saturated rings. The van der Waals surface area contributed by atoms with Crippen LogP contribution in [0.1, 0.15) is 32.6 Å². The quantitative estimate of drug-likeness (QED) is 0.569. The average molecular weight is 440 g/mol. The van der Waals surface area contributed by atoms with Gasteiger partial charge in [0.2, 0.25) is 0 Å². The van der Waals surface area contributed by atoms with E-state index in [0.29, 0.717) is 31.4 Å². The van der Waals surface area contributed by atoms with Gasteiger partial charge in [-0.3, -0.25) is 0 Å². The molecule has 5 nitrogen and oxygen atoms in total. The fourth-order valence-corrected chi connectivity index (χ4v) is 3.46. The van der Waals surface area contributed by atoms with Crippen LogP contribution in [0.5, 0.6) is 11.5 Å². The van der Waals surface area contributed by atoms with Crippen LogP contribution in [0.3, 0.4) is 0 Å². The van der Waals surface area contributed by atoms with Crippen molar-refractivity contribution >= 4 is 11.7 Å². The first-order valence-corrected chi connectivity index (χ1v) is 9.93. The molecule has 0 radical (unpaired) electrons. The minimum absolute atomic E-state index is 0.0566.